The first-order chi connectivity index (χ1) is 13.5. The topological polar surface area (TPSA) is 55.0 Å². The van der Waals surface area contributed by atoms with Gasteiger partial charge in [0.1, 0.15) is 16.4 Å². The molecule has 4 rings (SSSR count). The second-order valence-electron chi connectivity index (χ2n) is 6.56. The third-order valence-corrected chi connectivity index (χ3v) is 6.55. The number of aromatic amines is 1. The quantitative estimate of drug-likeness (QED) is 0.439. The summed E-state index contributed by atoms with van der Waals surface area (Å²) in [5.41, 5.74) is 3.16. The third-order valence-electron chi connectivity index (χ3n) is 4.54. The molecule has 0 unspecified atom stereocenters. The van der Waals surface area contributed by atoms with Crippen LogP contribution < -0.4 is 10.3 Å². The third kappa shape index (κ3) is 3.70. The Hall–Kier alpha value is -2.57. The van der Waals surface area contributed by atoms with Crippen molar-refractivity contribution in [3.05, 3.63) is 75.1 Å². The van der Waals surface area contributed by atoms with Crippen molar-refractivity contribution in [3.8, 4) is 16.9 Å². The lowest BCUT2D eigenvalue weighted by Crippen LogP contribution is -2.10. The number of hydrogen-bond donors (Lipinski definition) is 1. The van der Waals surface area contributed by atoms with Gasteiger partial charge in [-0.3, -0.25) is 4.79 Å². The molecule has 28 heavy (non-hydrogen) atoms. The van der Waals surface area contributed by atoms with E-state index in [0.717, 1.165) is 31.5 Å². The number of thioether (sulfide) groups is 1. The molecule has 6 heteroatoms. The molecule has 2 aromatic carbocycles. The maximum absolute atomic E-state index is 12.9. The molecule has 142 valence electrons. The largest absolute Gasteiger partial charge is 0.497 e. The number of nitrogens with zero attached hydrogens (tertiary/aromatic N) is 1. The van der Waals surface area contributed by atoms with Gasteiger partial charge in [-0.15, -0.1) is 23.1 Å². The molecule has 0 radical (unpaired) electrons. The second-order valence-corrected chi connectivity index (χ2v) is 8.81. The van der Waals surface area contributed by atoms with Gasteiger partial charge in [0.05, 0.1) is 18.2 Å². The first-order valence-electron chi connectivity index (χ1n) is 8.91. The van der Waals surface area contributed by atoms with Crippen molar-refractivity contribution in [2.75, 3.05) is 7.11 Å². The van der Waals surface area contributed by atoms with Crippen LogP contribution in [0.15, 0.2) is 58.2 Å². The summed E-state index contributed by atoms with van der Waals surface area (Å²) in [4.78, 5) is 23.5. The van der Waals surface area contributed by atoms with E-state index in [1.165, 1.54) is 5.56 Å². The van der Waals surface area contributed by atoms with Crippen molar-refractivity contribution < 1.29 is 4.74 Å². The Balaban J connectivity index is 1.67. The summed E-state index contributed by atoms with van der Waals surface area (Å²) in [6.45, 7) is 4.11. The molecule has 0 aliphatic carbocycles. The zero-order chi connectivity index (χ0) is 19.7. The molecule has 0 saturated heterocycles. The van der Waals surface area contributed by atoms with Crippen LogP contribution in [0.25, 0.3) is 21.3 Å². The fraction of sp³-hybridized carbons (Fsp3) is 0.182. The second kappa shape index (κ2) is 7.81. The average molecular weight is 409 g/mol. The highest BCUT2D eigenvalue weighted by molar-refractivity contribution is 7.98. The van der Waals surface area contributed by atoms with Gasteiger partial charge in [-0.05, 0) is 37.6 Å². The van der Waals surface area contributed by atoms with Crippen LogP contribution in [0.3, 0.4) is 0 Å². The molecule has 1 N–H and O–H groups in total. The first kappa shape index (κ1) is 18.8. The summed E-state index contributed by atoms with van der Waals surface area (Å²) in [6.07, 6.45) is 0. The van der Waals surface area contributed by atoms with Gasteiger partial charge in [0, 0.05) is 15.3 Å². The molecule has 0 amide bonds. The lowest BCUT2D eigenvalue weighted by molar-refractivity contribution is 0.413. The number of nitrogens with one attached hydrogen (secondary N) is 1. The highest BCUT2D eigenvalue weighted by Crippen LogP contribution is 2.36. The molecule has 4 aromatic rings. The van der Waals surface area contributed by atoms with E-state index < -0.39 is 0 Å². The van der Waals surface area contributed by atoms with Gasteiger partial charge >= 0.3 is 0 Å². The number of rotatable bonds is 5. The minimum absolute atomic E-state index is 0.0776. The van der Waals surface area contributed by atoms with E-state index in [4.69, 9.17) is 9.72 Å². The fourth-order valence-corrected chi connectivity index (χ4v) is 5.02. The molecule has 0 bridgehead atoms. The first-order valence-corrected chi connectivity index (χ1v) is 10.7. The van der Waals surface area contributed by atoms with Gasteiger partial charge in [0.2, 0.25) is 0 Å². The summed E-state index contributed by atoms with van der Waals surface area (Å²) >= 11 is 3.19. The predicted molar refractivity (Wildman–Crippen MR) is 118 cm³/mol. The smallest absolute Gasteiger partial charge is 0.260 e. The number of benzene rings is 2. The summed E-state index contributed by atoms with van der Waals surface area (Å²) in [7, 11) is 1.65. The van der Waals surface area contributed by atoms with Gasteiger partial charge in [-0.1, -0.05) is 35.9 Å². The minimum Gasteiger partial charge on any atom is -0.497 e. The van der Waals surface area contributed by atoms with Crippen LogP contribution in [0.5, 0.6) is 5.75 Å². The van der Waals surface area contributed by atoms with Gasteiger partial charge in [-0.25, -0.2) is 4.98 Å². The summed E-state index contributed by atoms with van der Waals surface area (Å²) < 4.78 is 5.26. The Bertz CT molecular complexity index is 1190. The van der Waals surface area contributed by atoms with Crippen molar-refractivity contribution in [1.82, 2.24) is 9.97 Å². The van der Waals surface area contributed by atoms with E-state index in [9.17, 15) is 4.79 Å². The Morgan fingerprint density at radius 3 is 2.68 bits per heavy atom. The molecule has 0 fully saturated rings. The molecular formula is C22H20N2O2S2. The molecular weight excluding hydrogens is 388 g/mol. The molecule has 0 atom stereocenters. The van der Waals surface area contributed by atoms with E-state index in [0.29, 0.717) is 17.0 Å². The van der Waals surface area contributed by atoms with Crippen molar-refractivity contribution >= 4 is 33.3 Å². The lowest BCUT2D eigenvalue weighted by Gasteiger charge is -2.05. The predicted octanol–water partition coefficient (Wildman–Crippen LogP) is 5.57. The van der Waals surface area contributed by atoms with Crippen LogP contribution in [0.1, 0.15) is 16.3 Å². The molecule has 0 saturated carbocycles. The van der Waals surface area contributed by atoms with Gasteiger partial charge < -0.3 is 9.72 Å². The zero-order valence-corrected chi connectivity index (χ0v) is 17.5. The van der Waals surface area contributed by atoms with Crippen molar-refractivity contribution in [1.29, 1.82) is 0 Å². The highest BCUT2D eigenvalue weighted by Gasteiger charge is 2.16. The molecule has 0 spiro atoms. The normalized spacial score (nSPS) is 11.1. The van der Waals surface area contributed by atoms with Gasteiger partial charge in [-0.2, -0.15) is 0 Å². The van der Waals surface area contributed by atoms with Crippen molar-refractivity contribution in [2.24, 2.45) is 0 Å². The molecule has 4 nitrogen and oxygen atoms in total. The SMILES string of the molecule is COc1cccc(SCc2nc3sc(C)c(-c4ccc(C)cc4)c3c(=O)[nH]2)c1. The number of aryl methyl sites for hydroxylation is 2. The van der Waals surface area contributed by atoms with Crippen LogP contribution in [-0.4, -0.2) is 17.1 Å². The average Bonchev–Trinajstić information content (AvgIpc) is 3.03. The summed E-state index contributed by atoms with van der Waals surface area (Å²) in [5.74, 6) is 2.09. The maximum Gasteiger partial charge on any atom is 0.260 e. The highest BCUT2D eigenvalue weighted by atomic mass is 32.2. The lowest BCUT2D eigenvalue weighted by atomic mass is 10.0. The van der Waals surface area contributed by atoms with Gasteiger partial charge in [0.15, 0.2) is 0 Å². The zero-order valence-electron chi connectivity index (χ0n) is 15.9. The van der Waals surface area contributed by atoms with Crippen LogP contribution >= 0.6 is 23.1 Å². The van der Waals surface area contributed by atoms with Crippen LogP contribution in [0, 0.1) is 13.8 Å². The van der Waals surface area contributed by atoms with Crippen molar-refractivity contribution in [2.45, 2.75) is 24.5 Å². The van der Waals surface area contributed by atoms with E-state index >= 15 is 0 Å². The Morgan fingerprint density at radius 2 is 1.93 bits per heavy atom. The number of fused-ring (bicyclic) bond motifs is 1. The van der Waals surface area contributed by atoms with Crippen LogP contribution in [-0.2, 0) is 5.75 Å². The Labute approximate surface area is 171 Å². The molecule has 2 heterocycles. The van der Waals surface area contributed by atoms with E-state index in [2.05, 4.69) is 36.2 Å². The van der Waals surface area contributed by atoms with Crippen LogP contribution in [0.4, 0.5) is 0 Å². The van der Waals surface area contributed by atoms with Gasteiger partial charge in [0.25, 0.3) is 5.56 Å². The Kier molecular flexibility index (Phi) is 5.24. The van der Waals surface area contributed by atoms with E-state index in [1.54, 1.807) is 30.2 Å². The molecule has 0 aliphatic rings. The molecule has 2 aromatic heterocycles. The number of aromatic nitrogens is 2. The number of H-pyrrole nitrogens is 1. The summed E-state index contributed by atoms with van der Waals surface area (Å²) in [6, 6.07) is 16.1. The van der Waals surface area contributed by atoms with Crippen molar-refractivity contribution in [3.63, 3.8) is 0 Å². The fourth-order valence-electron chi connectivity index (χ4n) is 3.14. The molecule has 0 aliphatic heterocycles. The minimum atomic E-state index is -0.0776. The van der Waals surface area contributed by atoms with E-state index in [-0.39, 0.29) is 5.56 Å². The Morgan fingerprint density at radius 1 is 1.14 bits per heavy atom. The van der Waals surface area contributed by atoms with E-state index in [1.807, 2.05) is 31.2 Å². The summed E-state index contributed by atoms with van der Waals surface area (Å²) in [5, 5.41) is 0.682. The number of methoxy groups -OCH3 is 1. The number of hydrogen-bond acceptors (Lipinski definition) is 5. The number of ether oxygens (including phenoxy) is 1. The number of thiophene rings is 1. The van der Waals surface area contributed by atoms with Crippen LogP contribution in [0.2, 0.25) is 0 Å². The standard InChI is InChI=1S/C22H20N2O2S2/c1-13-7-9-15(10-8-13)19-14(2)28-22-20(19)21(25)23-18(24-22)12-27-17-6-4-5-16(11-17)26-3/h4-11H,12H2,1-3H3,(H,23,24,25). The monoisotopic (exact) mass is 408 g/mol. The maximum atomic E-state index is 12.9.